The molecule has 0 radical (unpaired) electrons. The summed E-state index contributed by atoms with van der Waals surface area (Å²) in [6.45, 7) is 4.73. The molecule has 0 saturated carbocycles. The monoisotopic (exact) mass is 292 g/mol. The van der Waals surface area contributed by atoms with Gasteiger partial charge in [0.1, 0.15) is 11.9 Å². The minimum atomic E-state index is -0.478. The summed E-state index contributed by atoms with van der Waals surface area (Å²) in [6.07, 6.45) is 0.903. The summed E-state index contributed by atoms with van der Waals surface area (Å²) in [5, 5.41) is 2.78. The Balaban J connectivity index is 2.13. The van der Waals surface area contributed by atoms with Crippen LogP contribution in [0, 0.1) is 11.7 Å². The van der Waals surface area contributed by atoms with E-state index in [1.165, 1.54) is 12.1 Å². The summed E-state index contributed by atoms with van der Waals surface area (Å²) >= 11 is 0. The first kappa shape index (κ1) is 15.5. The molecular weight excluding hydrogens is 271 g/mol. The average Bonchev–Trinajstić information content (AvgIpc) is 2.52. The number of carbonyl (C=O) groups is 2. The smallest absolute Gasteiger partial charge is 0.245 e. The second kappa shape index (κ2) is 6.70. The maximum atomic E-state index is 13.2. The Morgan fingerprint density at radius 2 is 2.14 bits per heavy atom. The van der Waals surface area contributed by atoms with Crippen LogP contribution in [0.5, 0.6) is 0 Å². The van der Waals surface area contributed by atoms with Gasteiger partial charge in [-0.1, -0.05) is 26.0 Å². The minimum absolute atomic E-state index is 0.0844. The fourth-order valence-corrected chi connectivity index (χ4v) is 2.54. The van der Waals surface area contributed by atoms with Crippen LogP contribution in [0.4, 0.5) is 4.39 Å². The number of halogens is 1. The van der Waals surface area contributed by atoms with E-state index >= 15 is 0 Å². The molecule has 1 aliphatic rings. The van der Waals surface area contributed by atoms with Crippen molar-refractivity contribution < 1.29 is 14.0 Å². The normalized spacial score (nSPS) is 19.6. The predicted molar refractivity (Wildman–Crippen MR) is 77.8 cm³/mol. The first-order valence-corrected chi connectivity index (χ1v) is 7.28. The molecule has 1 unspecified atom stereocenters. The zero-order valence-corrected chi connectivity index (χ0v) is 12.4. The van der Waals surface area contributed by atoms with Gasteiger partial charge < -0.3 is 10.2 Å². The van der Waals surface area contributed by atoms with E-state index < -0.39 is 6.04 Å². The summed E-state index contributed by atoms with van der Waals surface area (Å²) in [6, 6.07) is 5.73. The Kier molecular flexibility index (Phi) is 4.94. The zero-order valence-electron chi connectivity index (χ0n) is 12.4. The van der Waals surface area contributed by atoms with Crippen molar-refractivity contribution in [3.8, 4) is 0 Å². The Bertz CT molecular complexity index is 531. The highest BCUT2D eigenvalue weighted by Gasteiger charge is 2.30. The Morgan fingerprint density at radius 1 is 1.38 bits per heavy atom. The van der Waals surface area contributed by atoms with Gasteiger partial charge in [-0.15, -0.1) is 0 Å². The third-order valence-corrected chi connectivity index (χ3v) is 3.52. The van der Waals surface area contributed by atoms with Crippen LogP contribution in [0.3, 0.4) is 0 Å². The molecule has 0 aliphatic carbocycles. The number of nitrogens with zero attached hydrogens (tertiary/aromatic N) is 1. The van der Waals surface area contributed by atoms with Crippen LogP contribution in [0.25, 0.3) is 0 Å². The fraction of sp³-hybridized carbons (Fsp3) is 0.500. The molecule has 1 atom stereocenters. The van der Waals surface area contributed by atoms with Gasteiger partial charge in [0, 0.05) is 19.5 Å². The highest BCUT2D eigenvalue weighted by molar-refractivity contribution is 5.89. The van der Waals surface area contributed by atoms with Gasteiger partial charge in [-0.25, -0.2) is 4.39 Å². The first-order chi connectivity index (χ1) is 9.95. The molecule has 114 valence electrons. The maximum Gasteiger partial charge on any atom is 0.245 e. The third-order valence-electron chi connectivity index (χ3n) is 3.52. The van der Waals surface area contributed by atoms with E-state index in [0.717, 1.165) is 5.56 Å². The summed E-state index contributed by atoms with van der Waals surface area (Å²) in [7, 11) is 0. The van der Waals surface area contributed by atoms with Crippen molar-refractivity contribution in [2.24, 2.45) is 5.92 Å². The van der Waals surface area contributed by atoms with Crippen molar-refractivity contribution in [2.75, 3.05) is 6.54 Å². The number of benzene rings is 1. The number of nitrogens with one attached hydrogen (secondary N) is 1. The van der Waals surface area contributed by atoms with Crippen LogP contribution < -0.4 is 5.32 Å². The van der Waals surface area contributed by atoms with Crippen molar-refractivity contribution in [3.63, 3.8) is 0 Å². The summed E-state index contributed by atoms with van der Waals surface area (Å²) in [5.74, 6) is -0.189. The molecule has 5 heteroatoms. The summed E-state index contributed by atoms with van der Waals surface area (Å²) < 4.78 is 13.2. The number of amides is 2. The van der Waals surface area contributed by atoms with Gasteiger partial charge in [-0.2, -0.15) is 0 Å². The number of rotatable bonds is 4. The van der Waals surface area contributed by atoms with Crippen LogP contribution in [-0.2, 0) is 16.1 Å². The van der Waals surface area contributed by atoms with Gasteiger partial charge in [-0.05, 0) is 30.0 Å². The predicted octanol–water partition coefficient (Wildman–Crippen LogP) is 2.09. The first-order valence-electron chi connectivity index (χ1n) is 7.28. The van der Waals surface area contributed by atoms with Gasteiger partial charge in [0.25, 0.3) is 0 Å². The van der Waals surface area contributed by atoms with Crippen molar-refractivity contribution in [1.29, 1.82) is 0 Å². The number of hydrogen-bond donors (Lipinski definition) is 1. The van der Waals surface area contributed by atoms with Gasteiger partial charge in [0.15, 0.2) is 0 Å². The summed E-state index contributed by atoms with van der Waals surface area (Å²) in [4.78, 5) is 25.9. The molecule has 2 rings (SSSR count). The molecule has 0 bridgehead atoms. The molecule has 4 nitrogen and oxygen atoms in total. The molecule has 1 aliphatic heterocycles. The zero-order chi connectivity index (χ0) is 15.4. The van der Waals surface area contributed by atoms with Crippen molar-refractivity contribution in [1.82, 2.24) is 10.2 Å². The Labute approximate surface area is 124 Å². The van der Waals surface area contributed by atoms with Crippen LogP contribution in [0.1, 0.15) is 32.3 Å². The molecule has 2 amide bonds. The molecule has 1 heterocycles. The third kappa shape index (κ3) is 4.28. The fourth-order valence-electron chi connectivity index (χ4n) is 2.54. The lowest BCUT2D eigenvalue weighted by Gasteiger charge is -2.25. The second-order valence-electron chi connectivity index (χ2n) is 5.89. The van der Waals surface area contributed by atoms with Gasteiger partial charge in [0.05, 0.1) is 0 Å². The van der Waals surface area contributed by atoms with E-state index in [2.05, 4.69) is 5.32 Å². The van der Waals surface area contributed by atoms with Crippen molar-refractivity contribution in [3.05, 3.63) is 35.6 Å². The van der Waals surface area contributed by atoms with Crippen molar-refractivity contribution in [2.45, 2.75) is 39.3 Å². The molecule has 1 N–H and O–H groups in total. The lowest BCUT2D eigenvalue weighted by molar-refractivity contribution is -0.134. The SMILES string of the molecule is CC(C)CC1NC(=O)CCN(Cc2cccc(F)c2)C1=O. The highest BCUT2D eigenvalue weighted by Crippen LogP contribution is 2.15. The van der Waals surface area contributed by atoms with E-state index in [0.29, 0.717) is 25.4 Å². The Hall–Kier alpha value is -1.91. The molecule has 0 spiro atoms. The quantitative estimate of drug-likeness (QED) is 0.924. The summed E-state index contributed by atoms with van der Waals surface area (Å²) in [5.41, 5.74) is 0.737. The number of carbonyl (C=O) groups excluding carboxylic acids is 2. The maximum absolute atomic E-state index is 13.2. The van der Waals surface area contributed by atoms with Gasteiger partial charge in [0.2, 0.25) is 11.8 Å². The van der Waals surface area contributed by atoms with Crippen LogP contribution in [0.15, 0.2) is 24.3 Å². The Morgan fingerprint density at radius 3 is 2.81 bits per heavy atom. The van der Waals surface area contributed by atoms with Crippen LogP contribution in [0.2, 0.25) is 0 Å². The van der Waals surface area contributed by atoms with Crippen LogP contribution in [-0.4, -0.2) is 29.3 Å². The molecule has 21 heavy (non-hydrogen) atoms. The minimum Gasteiger partial charge on any atom is -0.344 e. The largest absolute Gasteiger partial charge is 0.344 e. The standard InChI is InChI=1S/C16H21FN2O2/c1-11(2)8-14-16(21)19(7-6-15(20)18-14)10-12-4-3-5-13(17)9-12/h3-5,9,11,14H,6-8,10H2,1-2H3,(H,18,20). The topological polar surface area (TPSA) is 49.4 Å². The molecule has 0 aromatic heterocycles. The molecular formula is C16H21FN2O2. The average molecular weight is 292 g/mol. The molecule has 1 aromatic rings. The van der Waals surface area contributed by atoms with Gasteiger partial charge in [-0.3, -0.25) is 9.59 Å². The van der Waals surface area contributed by atoms with Crippen molar-refractivity contribution >= 4 is 11.8 Å². The molecule has 1 saturated heterocycles. The second-order valence-corrected chi connectivity index (χ2v) is 5.89. The van der Waals surface area contributed by atoms with E-state index in [1.54, 1.807) is 17.0 Å². The van der Waals surface area contributed by atoms with Gasteiger partial charge >= 0.3 is 0 Å². The van der Waals surface area contributed by atoms with E-state index in [9.17, 15) is 14.0 Å². The van der Waals surface area contributed by atoms with E-state index in [-0.39, 0.29) is 24.1 Å². The molecule has 1 fully saturated rings. The van der Waals surface area contributed by atoms with E-state index in [1.807, 2.05) is 13.8 Å². The number of hydrogen-bond acceptors (Lipinski definition) is 2. The molecule has 1 aromatic carbocycles. The highest BCUT2D eigenvalue weighted by atomic mass is 19.1. The van der Waals surface area contributed by atoms with Crippen LogP contribution >= 0.6 is 0 Å². The lowest BCUT2D eigenvalue weighted by atomic mass is 10.0. The van der Waals surface area contributed by atoms with E-state index in [4.69, 9.17) is 0 Å². The lowest BCUT2D eigenvalue weighted by Crippen LogP contribution is -2.45.